The lowest BCUT2D eigenvalue weighted by Gasteiger charge is -2.12. The molecule has 0 N–H and O–H groups in total. The molecule has 3 heterocycles. The van der Waals surface area contributed by atoms with E-state index in [1.807, 2.05) is 13.0 Å². The van der Waals surface area contributed by atoms with Crippen LogP contribution in [0.3, 0.4) is 0 Å². The van der Waals surface area contributed by atoms with Crippen molar-refractivity contribution in [3.8, 4) is 5.69 Å². The van der Waals surface area contributed by atoms with Crippen LogP contribution in [-0.4, -0.2) is 36.7 Å². The largest absolute Gasteiger partial charge is 0.462 e. The minimum Gasteiger partial charge on any atom is -0.462 e. The Labute approximate surface area is 147 Å². The number of fused-ring (bicyclic) bond motifs is 3. The predicted molar refractivity (Wildman–Crippen MR) is 94.6 cm³/mol. The van der Waals surface area contributed by atoms with E-state index < -0.39 is 0 Å². The molecule has 3 aromatic heterocycles. The number of ether oxygens (including phenoxy) is 1. The second-order valence-electron chi connectivity index (χ2n) is 5.72. The van der Waals surface area contributed by atoms with E-state index in [9.17, 15) is 9.59 Å². The lowest BCUT2D eigenvalue weighted by molar-refractivity contribution is 0.0526. The van der Waals surface area contributed by atoms with Gasteiger partial charge in [-0.05, 0) is 44.2 Å². The molecule has 0 fully saturated rings. The van der Waals surface area contributed by atoms with Crippen LogP contribution in [0.5, 0.6) is 0 Å². The first-order valence-electron chi connectivity index (χ1n) is 8.09. The summed E-state index contributed by atoms with van der Waals surface area (Å²) in [6.07, 6.45) is 2.90. The van der Waals surface area contributed by atoms with E-state index >= 15 is 0 Å². The summed E-state index contributed by atoms with van der Waals surface area (Å²) >= 11 is 0. The number of esters is 1. The van der Waals surface area contributed by atoms with E-state index in [1.165, 1.54) is 17.0 Å². The summed E-state index contributed by atoms with van der Waals surface area (Å²) < 4.78 is 8.09. The lowest BCUT2D eigenvalue weighted by atomic mass is 10.2. The summed E-state index contributed by atoms with van der Waals surface area (Å²) in [4.78, 5) is 33.0. The molecule has 4 rings (SSSR count). The third-order valence-electron chi connectivity index (χ3n) is 4.11. The van der Waals surface area contributed by atoms with Crippen molar-refractivity contribution in [2.45, 2.75) is 13.8 Å². The first kappa shape index (κ1) is 15.9. The normalized spacial score (nSPS) is 11.2. The van der Waals surface area contributed by atoms with Crippen molar-refractivity contribution in [3.63, 3.8) is 0 Å². The fraction of sp³-hybridized carbons (Fsp3) is 0.167. The zero-order valence-electron chi connectivity index (χ0n) is 14.2. The third-order valence-corrected chi connectivity index (χ3v) is 4.11. The number of pyridine rings is 1. The second kappa shape index (κ2) is 6.07. The van der Waals surface area contributed by atoms with Crippen molar-refractivity contribution in [2.24, 2.45) is 0 Å². The number of benzene rings is 1. The summed E-state index contributed by atoms with van der Waals surface area (Å²) in [6, 6.07) is 8.58. The van der Waals surface area contributed by atoms with Crippen molar-refractivity contribution in [1.82, 2.24) is 24.1 Å². The van der Waals surface area contributed by atoms with Gasteiger partial charge in [-0.25, -0.2) is 9.78 Å². The number of hydrogen-bond donors (Lipinski definition) is 0. The zero-order chi connectivity index (χ0) is 18.3. The molecule has 0 unspecified atom stereocenters. The minimum atomic E-state index is -0.389. The van der Waals surface area contributed by atoms with Crippen LogP contribution in [0.1, 0.15) is 23.0 Å². The van der Waals surface area contributed by atoms with Gasteiger partial charge >= 0.3 is 5.97 Å². The van der Waals surface area contributed by atoms with Gasteiger partial charge in [0.15, 0.2) is 0 Å². The lowest BCUT2D eigenvalue weighted by Crippen LogP contribution is -2.22. The highest BCUT2D eigenvalue weighted by Gasteiger charge is 2.13. The highest BCUT2D eigenvalue weighted by Crippen LogP contribution is 2.16. The maximum Gasteiger partial charge on any atom is 0.338 e. The van der Waals surface area contributed by atoms with Gasteiger partial charge in [0, 0.05) is 17.6 Å². The van der Waals surface area contributed by atoms with Gasteiger partial charge in [0.05, 0.1) is 23.1 Å². The molecule has 130 valence electrons. The van der Waals surface area contributed by atoms with Crippen molar-refractivity contribution in [1.29, 1.82) is 0 Å². The smallest absolute Gasteiger partial charge is 0.338 e. The monoisotopic (exact) mass is 349 g/mol. The molecule has 8 nitrogen and oxygen atoms in total. The molecule has 0 aliphatic heterocycles. The van der Waals surface area contributed by atoms with Crippen LogP contribution in [0.2, 0.25) is 0 Å². The van der Waals surface area contributed by atoms with E-state index in [4.69, 9.17) is 4.74 Å². The van der Waals surface area contributed by atoms with Gasteiger partial charge in [-0.15, -0.1) is 0 Å². The standard InChI is InChI=1S/C18H15N5O3/c1-3-26-17(25)12-4-6-13(7-5-12)22-11(2)8-15-14(16(22)24)9-19-18-20-10-21-23(15)18/h4-10H,3H2,1-2H3. The number of carbonyl (C=O) groups excluding carboxylic acids is 1. The van der Waals surface area contributed by atoms with Gasteiger partial charge in [0.2, 0.25) is 0 Å². The quantitative estimate of drug-likeness (QED) is 0.525. The van der Waals surface area contributed by atoms with Crippen LogP contribution in [0.25, 0.3) is 22.4 Å². The molecule has 0 atom stereocenters. The molecule has 0 aliphatic carbocycles. The van der Waals surface area contributed by atoms with Crippen molar-refractivity contribution < 1.29 is 9.53 Å². The number of aromatic nitrogens is 5. The fourth-order valence-corrected chi connectivity index (χ4v) is 2.92. The molecule has 0 amide bonds. The Balaban J connectivity index is 1.88. The zero-order valence-corrected chi connectivity index (χ0v) is 14.2. The average Bonchev–Trinajstić information content (AvgIpc) is 3.12. The van der Waals surface area contributed by atoms with Crippen molar-refractivity contribution in [3.05, 3.63) is 64.5 Å². The molecule has 0 bridgehead atoms. The molecule has 4 aromatic rings. The number of rotatable bonds is 3. The van der Waals surface area contributed by atoms with Gasteiger partial charge in [-0.1, -0.05) is 0 Å². The Morgan fingerprint density at radius 3 is 2.69 bits per heavy atom. The van der Waals surface area contributed by atoms with Crippen LogP contribution in [-0.2, 0) is 4.74 Å². The molecule has 8 heteroatoms. The molecular weight excluding hydrogens is 334 g/mol. The Bertz CT molecular complexity index is 1190. The molecule has 1 aromatic carbocycles. The van der Waals surface area contributed by atoms with Gasteiger partial charge in [-0.3, -0.25) is 9.36 Å². The summed E-state index contributed by atoms with van der Waals surface area (Å²) in [5, 5.41) is 4.56. The summed E-state index contributed by atoms with van der Waals surface area (Å²) in [5.74, 6) is 0.0484. The van der Waals surface area contributed by atoms with Crippen molar-refractivity contribution >= 4 is 22.6 Å². The number of nitrogens with zero attached hydrogens (tertiary/aromatic N) is 5. The number of hydrogen-bond acceptors (Lipinski definition) is 6. The number of carbonyl (C=O) groups is 1. The first-order valence-corrected chi connectivity index (χ1v) is 8.09. The van der Waals surface area contributed by atoms with Gasteiger partial charge in [-0.2, -0.15) is 14.6 Å². The molecule has 26 heavy (non-hydrogen) atoms. The number of aryl methyl sites for hydroxylation is 1. The molecule has 0 aliphatic rings. The van der Waals surface area contributed by atoms with Gasteiger partial charge in [0.1, 0.15) is 6.33 Å². The van der Waals surface area contributed by atoms with E-state index in [2.05, 4.69) is 15.1 Å². The van der Waals surface area contributed by atoms with Crippen molar-refractivity contribution in [2.75, 3.05) is 6.61 Å². The van der Waals surface area contributed by atoms with Gasteiger partial charge in [0.25, 0.3) is 11.3 Å². The van der Waals surface area contributed by atoms with E-state index in [0.29, 0.717) is 34.5 Å². The summed E-state index contributed by atoms with van der Waals surface area (Å²) in [7, 11) is 0. The Hall–Kier alpha value is -3.55. The van der Waals surface area contributed by atoms with E-state index in [1.54, 1.807) is 35.8 Å². The SMILES string of the molecule is CCOC(=O)c1ccc(-n2c(C)cc3c(cnc4ncnn43)c2=O)cc1. The van der Waals surface area contributed by atoms with Crippen LogP contribution < -0.4 is 5.56 Å². The Morgan fingerprint density at radius 1 is 1.19 bits per heavy atom. The Kier molecular flexibility index (Phi) is 3.72. The molecule has 0 saturated heterocycles. The Morgan fingerprint density at radius 2 is 1.96 bits per heavy atom. The third kappa shape index (κ3) is 2.43. The van der Waals surface area contributed by atoms with Crippen LogP contribution in [0, 0.1) is 6.92 Å². The predicted octanol–water partition coefficient (Wildman–Crippen LogP) is 1.91. The fourth-order valence-electron chi connectivity index (χ4n) is 2.92. The summed E-state index contributed by atoms with van der Waals surface area (Å²) in [6.45, 7) is 3.90. The summed E-state index contributed by atoms with van der Waals surface area (Å²) in [5.41, 5.74) is 2.26. The highest BCUT2D eigenvalue weighted by atomic mass is 16.5. The first-order chi connectivity index (χ1) is 12.6. The average molecular weight is 349 g/mol. The minimum absolute atomic E-state index is 0.214. The molecule has 0 saturated carbocycles. The van der Waals surface area contributed by atoms with E-state index in [0.717, 1.165) is 5.69 Å². The molecular formula is C18H15N5O3. The van der Waals surface area contributed by atoms with E-state index in [-0.39, 0.29) is 11.5 Å². The van der Waals surface area contributed by atoms with Crippen LogP contribution >= 0.6 is 0 Å². The van der Waals surface area contributed by atoms with Gasteiger partial charge < -0.3 is 4.74 Å². The maximum atomic E-state index is 13.0. The molecule has 0 radical (unpaired) electrons. The second-order valence-corrected chi connectivity index (χ2v) is 5.72. The van der Waals surface area contributed by atoms with Crippen LogP contribution in [0.15, 0.2) is 47.7 Å². The molecule has 0 spiro atoms. The maximum absolute atomic E-state index is 13.0. The highest BCUT2D eigenvalue weighted by molar-refractivity contribution is 5.89. The topological polar surface area (TPSA) is 91.4 Å². The van der Waals surface area contributed by atoms with Crippen LogP contribution in [0.4, 0.5) is 0 Å².